The molecule has 94 valence electrons. The lowest BCUT2D eigenvalue weighted by Crippen LogP contribution is -2.40. The van der Waals surface area contributed by atoms with Crippen LogP contribution in [-0.4, -0.2) is 41.7 Å². The van der Waals surface area contributed by atoms with E-state index >= 15 is 0 Å². The summed E-state index contributed by atoms with van der Waals surface area (Å²) in [5, 5.41) is 13.3. The third kappa shape index (κ3) is 9.79. The third-order valence-corrected chi connectivity index (χ3v) is 2.67. The van der Waals surface area contributed by atoms with Gasteiger partial charge in [-0.15, -0.1) is 11.8 Å². The van der Waals surface area contributed by atoms with E-state index < -0.39 is 6.03 Å². The Hall–Kier alpha value is -0.750. The van der Waals surface area contributed by atoms with Gasteiger partial charge in [0.2, 0.25) is 5.91 Å². The van der Waals surface area contributed by atoms with Gasteiger partial charge in [0, 0.05) is 12.3 Å². The number of carbonyl (C=O) groups excluding carboxylic acids is 2. The highest BCUT2D eigenvalue weighted by atomic mass is 32.2. The maximum atomic E-state index is 11.2. The van der Waals surface area contributed by atoms with Crippen molar-refractivity contribution in [2.24, 2.45) is 5.92 Å². The number of amides is 3. The van der Waals surface area contributed by atoms with Gasteiger partial charge in [-0.05, 0) is 12.3 Å². The van der Waals surface area contributed by atoms with Crippen LogP contribution in [0.25, 0.3) is 0 Å². The summed E-state index contributed by atoms with van der Waals surface area (Å²) in [7, 11) is 0. The number of thioether (sulfide) groups is 1. The smallest absolute Gasteiger partial charge is 0.321 e. The van der Waals surface area contributed by atoms with E-state index in [2.05, 4.69) is 24.5 Å². The van der Waals surface area contributed by atoms with Crippen molar-refractivity contribution >= 4 is 23.7 Å². The zero-order valence-corrected chi connectivity index (χ0v) is 10.6. The summed E-state index contributed by atoms with van der Waals surface area (Å²) in [6, 6.07) is -0.449. The zero-order valence-electron chi connectivity index (χ0n) is 9.78. The molecule has 0 bridgehead atoms. The van der Waals surface area contributed by atoms with Crippen molar-refractivity contribution in [2.75, 3.05) is 24.7 Å². The summed E-state index contributed by atoms with van der Waals surface area (Å²) < 4.78 is 0. The van der Waals surface area contributed by atoms with Gasteiger partial charge in [0.15, 0.2) is 0 Å². The standard InChI is InChI=1S/C10H20N2O3S/c1-8(2)3-4-11-10(15)12-9(14)7-16-6-5-13/h8,13H,3-7H2,1-2H3,(H2,11,12,14,15). The van der Waals surface area contributed by atoms with Crippen LogP contribution in [0.2, 0.25) is 0 Å². The van der Waals surface area contributed by atoms with E-state index in [-0.39, 0.29) is 18.3 Å². The Morgan fingerprint density at radius 2 is 2.06 bits per heavy atom. The molecule has 0 rings (SSSR count). The molecule has 0 radical (unpaired) electrons. The summed E-state index contributed by atoms with van der Waals surface area (Å²) in [6.07, 6.45) is 0.890. The predicted molar refractivity (Wildman–Crippen MR) is 65.4 cm³/mol. The molecule has 0 heterocycles. The molecular formula is C10H20N2O3S. The fraction of sp³-hybridized carbons (Fsp3) is 0.800. The van der Waals surface area contributed by atoms with Crippen molar-refractivity contribution < 1.29 is 14.7 Å². The maximum Gasteiger partial charge on any atom is 0.321 e. The van der Waals surface area contributed by atoms with Crippen LogP contribution in [0, 0.1) is 5.92 Å². The monoisotopic (exact) mass is 248 g/mol. The Morgan fingerprint density at radius 1 is 1.38 bits per heavy atom. The molecule has 0 aliphatic rings. The summed E-state index contributed by atoms with van der Waals surface area (Å²) >= 11 is 1.29. The molecule has 0 aliphatic carbocycles. The minimum absolute atomic E-state index is 0.0402. The summed E-state index contributed by atoms with van der Waals surface area (Å²) in [4.78, 5) is 22.3. The van der Waals surface area contributed by atoms with E-state index in [0.29, 0.717) is 18.2 Å². The lowest BCUT2D eigenvalue weighted by molar-refractivity contribution is -0.117. The third-order valence-electron chi connectivity index (χ3n) is 1.73. The lowest BCUT2D eigenvalue weighted by atomic mass is 10.1. The van der Waals surface area contributed by atoms with Crippen LogP contribution in [0.3, 0.4) is 0 Å². The highest BCUT2D eigenvalue weighted by Gasteiger charge is 2.06. The average Bonchev–Trinajstić information content (AvgIpc) is 2.17. The van der Waals surface area contributed by atoms with E-state index in [0.717, 1.165) is 6.42 Å². The van der Waals surface area contributed by atoms with E-state index in [1.54, 1.807) is 0 Å². The molecule has 0 aliphatic heterocycles. The van der Waals surface area contributed by atoms with Gasteiger partial charge in [0.05, 0.1) is 12.4 Å². The van der Waals surface area contributed by atoms with E-state index in [9.17, 15) is 9.59 Å². The van der Waals surface area contributed by atoms with E-state index in [4.69, 9.17) is 5.11 Å². The molecule has 3 N–H and O–H groups in total. The maximum absolute atomic E-state index is 11.2. The fourth-order valence-electron chi connectivity index (χ4n) is 0.911. The molecule has 0 saturated carbocycles. The van der Waals surface area contributed by atoms with Gasteiger partial charge < -0.3 is 10.4 Å². The van der Waals surface area contributed by atoms with Crippen molar-refractivity contribution in [1.29, 1.82) is 0 Å². The Balaban J connectivity index is 3.50. The summed E-state index contributed by atoms with van der Waals surface area (Å²) in [5.74, 6) is 0.886. The van der Waals surface area contributed by atoms with Crippen LogP contribution in [0.15, 0.2) is 0 Å². The number of urea groups is 1. The topological polar surface area (TPSA) is 78.4 Å². The number of carbonyl (C=O) groups is 2. The molecule has 0 aromatic heterocycles. The minimum atomic E-state index is -0.449. The van der Waals surface area contributed by atoms with Crippen LogP contribution in [-0.2, 0) is 4.79 Å². The van der Waals surface area contributed by atoms with Gasteiger partial charge in [-0.3, -0.25) is 10.1 Å². The van der Waals surface area contributed by atoms with Crippen LogP contribution >= 0.6 is 11.8 Å². The number of hydrogen-bond acceptors (Lipinski definition) is 4. The second-order valence-corrected chi connectivity index (χ2v) is 4.87. The van der Waals surface area contributed by atoms with Gasteiger partial charge in [-0.25, -0.2) is 4.79 Å². The van der Waals surface area contributed by atoms with Gasteiger partial charge in [0.1, 0.15) is 0 Å². The van der Waals surface area contributed by atoms with Crippen LogP contribution in [0.4, 0.5) is 4.79 Å². The van der Waals surface area contributed by atoms with Crippen molar-refractivity contribution in [2.45, 2.75) is 20.3 Å². The predicted octanol–water partition coefficient (Wildman–Crippen LogP) is 0.584. The number of imide groups is 1. The molecule has 3 amide bonds. The molecule has 0 fully saturated rings. The Labute approximate surface area is 100 Å². The molecule has 0 unspecified atom stereocenters. The first-order valence-corrected chi connectivity index (χ1v) is 6.48. The Bertz CT molecular complexity index is 222. The normalized spacial score (nSPS) is 10.2. The summed E-state index contributed by atoms with van der Waals surface area (Å²) in [5.41, 5.74) is 0. The van der Waals surface area contributed by atoms with Crippen LogP contribution in [0.1, 0.15) is 20.3 Å². The first-order chi connectivity index (χ1) is 7.56. The molecular weight excluding hydrogens is 228 g/mol. The van der Waals surface area contributed by atoms with Crippen LogP contribution in [0.5, 0.6) is 0 Å². The molecule has 16 heavy (non-hydrogen) atoms. The van der Waals surface area contributed by atoms with Crippen molar-refractivity contribution in [3.63, 3.8) is 0 Å². The second-order valence-electron chi connectivity index (χ2n) is 3.76. The molecule has 0 aromatic carbocycles. The zero-order chi connectivity index (χ0) is 12.4. The Kier molecular flexibility index (Phi) is 9.03. The van der Waals surface area contributed by atoms with E-state index in [1.165, 1.54) is 11.8 Å². The highest BCUT2D eigenvalue weighted by molar-refractivity contribution is 7.99. The van der Waals surface area contributed by atoms with Crippen LogP contribution < -0.4 is 10.6 Å². The highest BCUT2D eigenvalue weighted by Crippen LogP contribution is 1.97. The fourth-order valence-corrected chi connectivity index (χ4v) is 1.44. The van der Waals surface area contributed by atoms with Gasteiger partial charge in [-0.2, -0.15) is 0 Å². The quantitative estimate of drug-likeness (QED) is 0.576. The average molecular weight is 248 g/mol. The number of rotatable bonds is 7. The second kappa shape index (κ2) is 9.47. The summed E-state index contributed by atoms with van der Waals surface area (Å²) in [6.45, 7) is 4.74. The molecule has 0 aromatic rings. The van der Waals surface area contributed by atoms with Crippen molar-refractivity contribution in [1.82, 2.24) is 10.6 Å². The first kappa shape index (κ1) is 15.2. The largest absolute Gasteiger partial charge is 0.396 e. The lowest BCUT2D eigenvalue weighted by Gasteiger charge is -2.07. The number of hydrogen-bond donors (Lipinski definition) is 3. The Morgan fingerprint density at radius 3 is 2.62 bits per heavy atom. The van der Waals surface area contributed by atoms with Gasteiger partial charge in [-0.1, -0.05) is 13.8 Å². The number of aliphatic hydroxyl groups excluding tert-OH is 1. The molecule has 0 atom stereocenters. The molecule has 5 nitrogen and oxygen atoms in total. The number of aliphatic hydroxyl groups is 1. The molecule has 0 saturated heterocycles. The van der Waals surface area contributed by atoms with E-state index in [1.807, 2.05) is 0 Å². The van der Waals surface area contributed by atoms with Crippen molar-refractivity contribution in [3.8, 4) is 0 Å². The van der Waals surface area contributed by atoms with Gasteiger partial charge in [0.25, 0.3) is 0 Å². The molecule has 0 spiro atoms. The molecule has 6 heteroatoms. The SMILES string of the molecule is CC(C)CCNC(=O)NC(=O)CSCCO. The minimum Gasteiger partial charge on any atom is -0.396 e. The first-order valence-electron chi connectivity index (χ1n) is 5.32. The number of nitrogens with one attached hydrogen (secondary N) is 2. The van der Waals surface area contributed by atoms with Crippen molar-refractivity contribution in [3.05, 3.63) is 0 Å². The van der Waals surface area contributed by atoms with Gasteiger partial charge >= 0.3 is 6.03 Å².